The van der Waals surface area contributed by atoms with Crippen molar-refractivity contribution < 1.29 is 0 Å². The highest BCUT2D eigenvalue weighted by molar-refractivity contribution is 5.95. The van der Waals surface area contributed by atoms with E-state index in [4.69, 9.17) is 0 Å². The van der Waals surface area contributed by atoms with Crippen molar-refractivity contribution in [1.29, 1.82) is 0 Å². The van der Waals surface area contributed by atoms with Crippen LogP contribution in [0.1, 0.15) is 25.3 Å². The molecule has 3 aromatic rings. The predicted octanol–water partition coefficient (Wildman–Crippen LogP) is 5.93. The second-order valence-corrected chi connectivity index (χ2v) is 5.41. The smallest absolute Gasteiger partial charge is 0.0463 e. The molecule has 21 heavy (non-hydrogen) atoms. The normalized spacial score (nSPS) is 10.7. The van der Waals surface area contributed by atoms with Crippen LogP contribution in [-0.4, -0.2) is 0 Å². The summed E-state index contributed by atoms with van der Waals surface area (Å²) >= 11 is 0. The van der Waals surface area contributed by atoms with Crippen LogP contribution in [0, 0.1) is 0 Å². The maximum absolute atomic E-state index is 3.62. The van der Waals surface area contributed by atoms with Crippen molar-refractivity contribution >= 4 is 22.1 Å². The van der Waals surface area contributed by atoms with Gasteiger partial charge >= 0.3 is 0 Å². The van der Waals surface area contributed by atoms with Gasteiger partial charge in [0.1, 0.15) is 0 Å². The van der Waals surface area contributed by atoms with Crippen molar-refractivity contribution in [3.63, 3.8) is 0 Å². The van der Waals surface area contributed by atoms with Crippen LogP contribution in [0.25, 0.3) is 10.8 Å². The van der Waals surface area contributed by atoms with Gasteiger partial charge in [-0.3, -0.25) is 0 Å². The first kappa shape index (κ1) is 13.7. The second-order valence-electron chi connectivity index (χ2n) is 5.41. The Kier molecular flexibility index (Phi) is 4.20. The SMILES string of the molecule is CCCCc1ccccc1Nc1cccc2ccccc12. The van der Waals surface area contributed by atoms with E-state index in [9.17, 15) is 0 Å². The largest absolute Gasteiger partial charge is 0.355 e. The number of unbranched alkanes of at least 4 members (excludes halogenated alkanes) is 1. The van der Waals surface area contributed by atoms with Gasteiger partial charge in [-0.1, -0.05) is 67.9 Å². The molecule has 0 spiro atoms. The third kappa shape index (κ3) is 3.08. The van der Waals surface area contributed by atoms with Crippen LogP contribution in [0.2, 0.25) is 0 Å². The lowest BCUT2D eigenvalue weighted by atomic mass is 10.0. The summed E-state index contributed by atoms with van der Waals surface area (Å²) in [6.45, 7) is 2.24. The molecule has 0 heterocycles. The molecule has 3 aromatic carbocycles. The number of hydrogen-bond acceptors (Lipinski definition) is 1. The number of aryl methyl sites for hydroxylation is 1. The summed E-state index contributed by atoms with van der Waals surface area (Å²) in [6, 6.07) is 23.5. The summed E-state index contributed by atoms with van der Waals surface area (Å²) in [5, 5.41) is 6.17. The number of hydrogen-bond donors (Lipinski definition) is 1. The molecule has 3 rings (SSSR count). The van der Waals surface area contributed by atoms with Gasteiger partial charge < -0.3 is 5.32 Å². The van der Waals surface area contributed by atoms with Gasteiger partial charge in [0.05, 0.1) is 0 Å². The average Bonchev–Trinajstić information content (AvgIpc) is 2.54. The first-order valence-corrected chi connectivity index (χ1v) is 7.71. The van der Waals surface area contributed by atoms with E-state index in [0.29, 0.717) is 0 Å². The minimum atomic E-state index is 1.13. The summed E-state index contributed by atoms with van der Waals surface area (Å²) in [4.78, 5) is 0. The lowest BCUT2D eigenvalue weighted by molar-refractivity contribution is 0.796. The Hall–Kier alpha value is -2.28. The molecule has 106 valence electrons. The quantitative estimate of drug-likeness (QED) is 0.609. The molecule has 1 nitrogen and oxygen atoms in total. The predicted molar refractivity (Wildman–Crippen MR) is 92.3 cm³/mol. The topological polar surface area (TPSA) is 12.0 Å². The van der Waals surface area contributed by atoms with Crippen molar-refractivity contribution in [2.75, 3.05) is 5.32 Å². The Morgan fingerprint density at radius 3 is 2.38 bits per heavy atom. The fourth-order valence-corrected chi connectivity index (χ4v) is 2.71. The van der Waals surface area contributed by atoms with E-state index in [2.05, 4.69) is 79.0 Å². The molecule has 0 atom stereocenters. The number of para-hydroxylation sites is 1. The van der Waals surface area contributed by atoms with Gasteiger partial charge in [-0.15, -0.1) is 0 Å². The van der Waals surface area contributed by atoms with Crippen molar-refractivity contribution in [1.82, 2.24) is 0 Å². The van der Waals surface area contributed by atoms with Gasteiger partial charge in [-0.25, -0.2) is 0 Å². The summed E-state index contributed by atoms with van der Waals surface area (Å²) in [5.74, 6) is 0. The zero-order valence-corrected chi connectivity index (χ0v) is 12.5. The molecule has 1 N–H and O–H groups in total. The maximum Gasteiger partial charge on any atom is 0.0463 e. The second kappa shape index (κ2) is 6.45. The molecule has 0 aliphatic heterocycles. The highest BCUT2D eigenvalue weighted by Crippen LogP contribution is 2.28. The zero-order valence-electron chi connectivity index (χ0n) is 12.5. The van der Waals surface area contributed by atoms with E-state index in [1.54, 1.807) is 0 Å². The first-order chi connectivity index (χ1) is 10.4. The molecule has 0 aromatic heterocycles. The highest BCUT2D eigenvalue weighted by atomic mass is 14.9. The van der Waals surface area contributed by atoms with E-state index in [1.807, 2.05) is 0 Å². The lowest BCUT2D eigenvalue weighted by Crippen LogP contribution is -1.96. The maximum atomic E-state index is 3.62. The fraction of sp³-hybridized carbons (Fsp3) is 0.200. The summed E-state index contributed by atoms with van der Waals surface area (Å²) in [6.07, 6.45) is 3.58. The third-order valence-corrected chi connectivity index (χ3v) is 3.88. The monoisotopic (exact) mass is 275 g/mol. The van der Waals surface area contributed by atoms with Gasteiger partial charge in [-0.2, -0.15) is 0 Å². The van der Waals surface area contributed by atoms with Crippen molar-refractivity contribution in [2.24, 2.45) is 0 Å². The molecule has 0 aliphatic rings. The number of fused-ring (bicyclic) bond motifs is 1. The highest BCUT2D eigenvalue weighted by Gasteiger charge is 2.04. The van der Waals surface area contributed by atoms with Crippen LogP contribution in [0.5, 0.6) is 0 Å². The summed E-state index contributed by atoms with van der Waals surface area (Å²) in [7, 11) is 0. The van der Waals surface area contributed by atoms with Gasteiger partial charge in [0.15, 0.2) is 0 Å². The molecule has 0 amide bonds. The van der Waals surface area contributed by atoms with Gasteiger partial charge in [0.2, 0.25) is 0 Å². The zero-order chi connectivity index (χ0) is 14.5. The minimum Gasteiger partial charge on any atom is -0.355 e. The number of nitrogens with one attached hydrogen (secondary N) is 1. The molecule has 0 aliphatic carbocycles. The molecule has 0 bridgehead atoms. The summed E-state index contributed by atoms with van der Waals surface area (Å²) in [5.41, 5.74) is 3.80. The molecule has 0 fully saturated rings. The van der Waals surface area contributed by atoms with Crippen molar-refractivity contribution in [3.8, 4) is 0 Å². The lowest BCUT2D eigenvalue weighted by Gasteiger charge is -2.14. The number of benzene rings is 3. The Balaban J connectivity index is 1.95. The van der Waals surface area contributed by atoms with Gasteiger partial charge in [0.25, 0.3) is 0 Å². The van der Waals surface area contributed by atoms with Crippen LogP contribution >= 0.6 is 0 Å². The van der Waals surface area contributed by atoms with Crippen LogP contribution in [0.15, 0.2) is 66.7 Å². The first-order valence-electron chi connectivity index (χ1n) is 7.71. The van der Waals surface area contributed by atoms with Crippen LogP contribution < -0.4 is 5.32 Å². The molecule has 0 saturated heterocycles. The molecule has 0 unspecified atom stereocenters. The van der Waals surface area contributed by atoms with E-state index in [-0.39, 0.29) is 0 Å². The minimum absolute atomic E-state index is 1.13. The number of anilines is 2. The van der Waals surface area contributed by atoms with E-state index < -0.39 is 0 Å². The average molecular weight is 275 g/mol. The Bertz CT molecular complexity index is 725. The van der Waals surface area contributed by atoms with Crippen molar-refractivity contribution in [2.45, 2.75) is 26.2 Å². The number of rotatable bonds is 5. The third-order valence-electron chi connectivity index (χ3n) is 3.88. The molecular weight excluding hydrogens is 254 g/mol. The van der Waals surface area contributed by atoms with Crippen LogP contribution in [-0.2, 0) is 6.42 Å². The Morgan fingerprint density at radius 1 is 0.762 bits per heavy atom. The molecule has 0 radical (unpaired) electrons. The molecular formula is C20H21N. The standard InChI is InChI=1S/C20H21N/c1-2-3-9-17-11-5-7-14-19(17)21-20-15-8-12-16-10-4-6-13-18(16)20/h4-8,10-15,21H,2-3,9H2,1H3. The Labute approximate surface area is 126 Å². The van der Waals surface area contributed by atoms with Crippen LogP contribution in [0.4, 0.5) is 11.4 Å². The van der Waals surface area contributed by atoms with E-state index in [0.717, 1.165) is 6.42 Å². The summed E-state index contributed by atoms with van der Waals surface area (Å²) < 4.78 is 0. The van der Waals surface area contributed by atoms with Gasteiger partial charge in [-0.05, 0) is 35.9 Å². The molecule has 1 heteroatoms. The molecule has 0 saturated carbocycles. The van der Waals surface area contributed by atoms with E-state index in [1.165, 1.54) is 40.6 Å². The van der Waals surface area contributed by atoms with Gasteiger partial charge in [0, 0.05) is 16.8 Å². The fourth-order valence-electron chi connectivity index (χ4n) is 2.71. The Morgan fingerprint density at radius 2 is 1.48 bits per heavy atom. The van der Waals surface area contributed by atoms with Crippen molar-refractivity contribution in [3.05, 3.63) is 72.3 Å². The van der Waals surface area contributed by atoms with E-state index >= 15 is 0 Å². The van der Waals surface area contributed by atoms with Crippen LogP contribution in [0.3, 0.4) is 0 Å².